The van der Waals surface area contributed by atoms with Crippen molar-refractivity contribution in [1.29, 1.82) is 0 Å². The maximum Gasteiger partial charge on any atom is 0.411 e. The lowest BCUT2D eigenvalue weighted by molar-refractivity contribution is 0.104. The quantitative estimate of drug-likeness (QED) is 0.279. The van der Waals surface area contributed by atoms with Crippen LogP contribution in [0, 0.1) is 0 Å². The highest BCUT2D eigenvalue weighted by Gasteiger charge is 2.28. The van der Waals surface area contributed by atoms with Crippen molar-refractivity contribution in [2.45, 2.75) is 58.4 Å². The Bertz CT molecular complexity index is 1010. The van der Waals surface area contributed by atoms with Gasteiger partial charge in [-0.1, -0.05) is 32.3 Å². The van der Waals surface area contributed by atoms with Gasteiger partial charge in [0.15, 0.2) is 5.78 Å². The van der Waals surface area contributed by atoms with E-state index in [0.717, 1.165) is 49.1 Å². The molecule has 0 fully saturated rings. The van der Waals surface area contributed by atoms with E-state index in [2.05, 4.69) is 37.5 Å². The van der Waals surface area contributed by atoms with Gasteiger partial charge in [-0.05, 0) is 68.7 Å². The summed E-state index contributed by atoms with van der Waals surface area (Å²) in [5, 5.41) is 6.18. The molecule has 1 amide bonds. The van der Waals surface area contributed by atoms with Gasteiger partial charge in [0.25, 0.3) is 0 Å². The zero-order valence-electron chi connectivity index (χ0n) is 20.0. The van der Waals surface area contributed by atoms with Crippen LogP contribution >= 0.6 is 0 Å². The monoisotopic (exact) mass is 450 g/mol. The van der Waals surface area contributed by atoms with E-state index >= 15 is 0 Å². The van der Waals surface area contributed by atoms with Gasteiger partial charge in [-0.25, -0.2) is 4.79 Å². The molecule has 1 aliphatic heterocycles. The van der Waals surface area contributed by atoms with Crippen LogP contribution in [0.1, 0.15) is 67.9 Å². The Morgan fingerprint density at radius 2 is 1.85 bits per heavy atom. The van der Waals surface area contributed by atoms with Crippen molar-refractivity contribution in [1.82, 2.24) is 5.32 Å². The van der Waals surface area contributed by atoms with Crippen LogP contribution in [0.15, 0.2) is 48.5 Å². The van der Waals surface area contributed by atoms with Gasteiger partial charge in [-0.15, -0.1) is 0 Å². The second-order valence-electron chi connectivity index (χ2n) is 9.03. The first-order chi connectivity index (χ1) is 15.8. The lowest BCUT2D eigenvalue weighted by Crippen LogP contribution is -2.43. The van der Waals surface area contributed by atoms with Crippen molar-refractivity contribution >= 4 is 23.3 Å². The Hall–Kier alpha value is -3.28. The van der Waals surface area contributed by atoms with Crippen molar-refractivity contribution < 1.29 is 19.1 Å². The number of carbonyl (C=O) groups excluding carboxylic acids is 2. The van der Waals surface area contributed by atoms with Crippen molar-refractivity contribution in [3.63, 3.8) is 0 Å². The standard InChI is InChI=1S/C27H34N2O4/c1-5-6-7-8-15-33-26(31)28-21-12-9-19(10-13-21)25(30)17-24-23-16-22(32-4)14-11-20(23)18-27(2,3)29-24/h9-14,16-17,29H,5-8,15,18H2,1-4H3,(H,28,31). The lowest BCUT2D eigenvalue weighted by atomic mass is 9.85. The molecule has 2 aromatic carbocycles. The van der Waals surface area contributed by atoms with Gasteiger partial charge < -0.3 is 14.8 Å². The van der Waals surface area contributed by atoms with Crippen molar-refractivity contribution in [2.75, 3.05) is 19.0 Å². The molecule has 0 atom stereocenters. The molecule has 176 valence electrons. The van der Waals surface area contributed by atoms with E-state index < -0.39 is 6.09 Å². The number of hydrogen-bond acceptors (Lipinski definition) is 5. The van der Waals surface area contributed by atoms with Crippen molar-refractivity contribution in [3.8, 4) is 5.75 Å². The Labute approximate surface area is 196 Å². The smallest absolute Gasteiger partial charge is 0.411 e. The van der Waals surface area contributed by atoms with Crippen molar-refractivity contribution in [3.05, 3.63) is 65.2 Å². The number of unbranched alkanes of at least 4 members (excludes halogenated alkanes) is 3. The number of carbonyl (C=O) groups is 2. The Morgan fingerprint density at radius 1 is 1.09 bits per heavy atom. The van der Waals surface area contributed by atoms with E-state index in [1.165, 1.54) is 5.56 Å². The average molecular weight is 451 g/mol. The lowest BCUT2D eigenvalue weighted by Gasteiger charge is -2.35. The normalized spacial score (nSPS) is 15.3. The highest BCUT2D eigenvalue weighted by Crippen LogP contribution is 2.32. The fourth-order valence-electron chi connectivity index (χ4n) is 3.93. The second kappa shape index (κ2) is 11.0. The predicted molar refractivity (Wildman–Crippen MR) is 132 cm³/mol. The molecule has 0 unspecified atom stereocenters. The molecule has 1 aliphatic rings. The number of allylic oxidation sites excluding steroid dienone is 1. The molecule has 6 heteroatoms. The summed E-state index contributed by atoms with van der Waals surface area (Å²) in [5.41, 5.74) is 3.88. The fraction of sp³-hybridized carbons (Fsp3) is 0.407. The molecule has 2 N–H and O–H groups in total. The number of anilines is 1. The largest absolute Gasteiger partial charge is 0.497 e. The minimum absolute atomic E-state index is 0.117. The van der Waals surface area contributed by atoms with Crippen LogP contribution in [0.3, 0.4) is 0 Å². The molecule has 0 saturated heterocycles. The molecule has 6 nitrogen and oxygen atoms in total. The van der Waals surface area contributed by atoms with E-state index in [4.69, 9.17) is 9.47 Å². The zero-order chi connectivity index (χ0) is 23.8. The molecular weight excluding hydrogens is 416 g/mol. The van der Waals surface area contributed by atoms with E-state index in [9.17, 15) is 9.59 Å². The molecule has 0 aliphatic carbocycles. The van der Waals surface area contributed by atoms with Gasteiger partial charge in [0.1, 0.15) is 5.75 Å². The number of ether oxygens (including phenoxy) is 2. The van der Waals surface area contributed by atoms with Gasteiger partial charge >= 0.3 is 6.09 Å². The summed E-state index contributed by atoms with van der Waals surface area (Å²) in [6, 6.07) is 12.8. The molecule has 0 radical (unpaired) electrons. The maximum atomic E-state index is 13.0. The highest BCUT2D eigenvalue weighted by atomic mass is 16.5. The molecule has 0 aromatic heterocycles. The summed E-state index contributed by atoms with van der Waals surface area (Å²) in [6.45, 7) is 6.77. The second-order valence-corrected chi connectivity index (χ2v) is 9.03. The van der Waals surface area contributed by atoms with Crippen LogP contribution in [-0.4, -0.2) is 31.1 Å². The van der Waals surface area contributed by atoms with E-state index in [1.54, 1.807) is 37.5 Å². The van der Waals surface area contributed by atoms with Gasteiger partial charge in [-0.3, -0.25) is 10.1 Å². The van der Waals surface area contributed by atoms with Crippen LogP contribution in [0.2, 0.25) is 0 Å². The third-order valence-electron chi connectivity index (χ3n) is 5.63. The van der Waals surface area contributed by atoms with E-state index in [0.29, 0.717) is 17.9 Å². The first kappa shape index (κ1) is 24.4. The summed E-state index contributed by atoms with van der Waals surface area (Å²) in [6.07, 6.45) is 6.21. The highest BCUT2D eigenvalue weighted by molar-refractivity contribution is 6.09. The summed E-state index contributed by atoms with van der Waals surface area (Å²) >= 11 is 0. The molecule has 3 rings (SSSR count). The Morgan fingerprint density at radius 3 is 2.55 bits per heavy atom. The van der Waals surface area contributed by atoms with Gasteiger partial charge in [0.05, 0.1) is 13.7 Å². The minimum atomic E-state index is -0.480. The third-order valence-corrected chi connectivity index (χ3v) is 5.63. The zero-order valence-corrected chi connectivity index (χ0v) is 20.0. The summed E-state index contributed by atoms with van der Waals surface area (Å²) < 4.78 is 10.6. The molecule has 33 heavy (non-hydrogen) atoms. The van der Waals surface area contributed by atoms with Crippen LogP contribution in [0.25, 0.3) is 5.70 Å². The predicted octanol–water partition coefficient (Wildman–Crippen LogP) is 5.97. The third kappa shape index (κ3) is 6.85. The molecule has 1 heterocycles. The molecule has 0 bridgehead atoms. The Kier molecular flexibility index (Phi) is 8.15. The van der Waals surface area contributed by atoms with Crippen molar-refractivity contribution in [2.24, 2.45) is 0 Å². The number of benzene rings is 2. The number of ketones is 1. The molecule has 0 spiro atoms. The van der Waals surface area contributed by atoms with Gasteiger partial charge in [0.2, 0.25) is 0 Å². The number of fused-ring (bicyclic) bond motifs is 1. The number of rotatable bonds is 9. The average Bonchev–Trinajstić information content (AvgIpc) is 2.78. The fourth-order valence-corrected chi connectivity index (χ4v) is 3.93. The number of hydrogen-bond donors (Lipinski definition) is 2. The number of amides is 1. The molecule has 0 saturated carbocycles. The summed E-state index contributed by atoms with van der Waals surface area (Å²) in [7, 11) is 1.63. The van der Waals surface area contributed by atoms with Crippen LogP contribution < -0.4 is 15.4 Å². The number of nitrogens with one attached hydrogen (secondary N) is 2. The summed E-state index contributed by atoms with van der Waals surface area (Å²) in [4.78, 5) is 24.9. The first-order valence-electron chi connectivity index (χ1n) is 11.6. The molecule has 2 aromatic rings. The molecular formula is C27H34N2O4. The Balaban J connectivity index is 1.67. The van der Waals surface area contributed by atoms with E-state index in [-0.39, 0.29) is 11.3 Å². The van der Waals surface area contributed by atoms with Gasteiger partial charge in [-0.2, -0.15) is 0 Å². The SMILES string of the molecule is CCCCCCOC(=O)Nc1ccc(C(=O)C=C2NC(C)(C)Cc3ccc(OC)cc32)cc1. The van der Waals surface area contributed by atoms with E-state index in [1.807, 2.05) is 12.1 Å². The minimum Gasteiger partial charge on any atom is -0.497 e. The van der Waals surface area contributed by atoms with Crippen LogP contribution in [-0.2, 0) is 11.2 Å². The maximum absolute atomic E-state index is 13.0. The van der Waals surface area contributed by atoms with Crippen LogP contribution in [0.5, 0.6) is 5.75 Å². The van der Waals surface area contributed by atoms with Crippen LogP contribution in [0.4, 0.5) is 10.5 Å². The topological polar surface area (TPSA) is 76.7 Å². The van der Waals surface area contributed by atoms with Gasteiger partial charge in [0, 0.05) is 34.1 Å². The first-order valence-corrected chi connectivity index (χ1v) is 11.6. The summed E-state index contributed by atoms with van der Waals surface area (Å²) in [5.74, 6) is 0.635. The number of methoxy groups -OCH3 is 1.